The average molecular weight is 286 g/mol. The molecule has 0 aliphatic rings. The van der Waals surface area contributed by atoms with Crippen molar-refractivity contribution in [3.8, 4) is 0 Å². The van der Waals surface area contributed by atoms with Gasteiger partial charge in [0, 0.05) is 5.75 Å². The van der Waals surface area contributed by atoms with E-state index < -0.39 is 0 Å². The van der Waals surface area contributed by atoms with Crippen molar-refractivity contribution in [2.75, 3.05) is 5.75 Å². The fraction of sp³-hybridized carbons (Fsp3) is 0.353. The van der Waals surface area contributed by atoms with Crippen LogP contribution in [-0.4, -0.2) is 15.7 Å². The number of rotatable bonds is 6. The van der Waals surface area contributed by atoms with Gasteiger partial charge in [0.1, 0.15) is 0 Å². The molecule has 0 aliphatic heterocycles. The lowest BCUT2D eigenvalue weighted by atomic mass is 10.1. The summed E-state index contributed by atoms with van der Waals surface area (Å²) in [6.07, 6.45) is 6.88. The molecule has 0 saturated heterocycles. The number of nitrogens with zero attached hydrogens (tertiary/aromatic N) is 1. The summed E-state index contributed by atoms with van der Waals surface area (Å²) in [6.45, 7) is 6.50. The maximum Gasteiger partial charge on any atom is 0.166 e. The predicted octanol–water partition coefficient (Wildman–Crippen LogP) is 5.35. The van der Waals surface area contributed by atoms with Crippen LogP contribution in [0.2, 0.25) is 0 Å². The molecule has 1 heterocycles. The molecule has 106 valence electrons. The minimum atomic E-state index is 0.973. The van der Waals surface area contributed by atoms with Crippen molar-refractivity contribution in [1.82, 2.24) is 9.97 Å². The maximum absolute atomic E-state index is 4.56. The molecule has 0 radical (unpaired) electrons. The number of benzene rings is 1. The molecular weight excluding hydrogens is 264 g/mol. The van der Waals surface area contributed by atoms with Gasteiger partial charge in [-0.25, -0.2) is 4.98 Å². The Morgan fingerprint density at radius 1 is 1.20 bits per heavy atom. The summed E-state index contributed by atoms with van der Waals surface area (Å²) in [7, 11) is 0. The molecular formula is C17H22N2S. The molecule has 0 bridgehead atoms. The summed E-state index contributed by atoms with van der Waals surface area (Å²) >= 11 is 1.76. The molecule has 2 aromatic rings. The Balaban J connectivity index is 1.84. The molecule has 0 spiro atoms. The molecule has 0 fully saturated rings. The molecule has 0 unspecified atom stereocenters. The van der Waals surface area contributed by atoms with Crippen molar-refractivity contribution in [1.29, 1.82) is 0 Å². The third kappa shape index (κ3) is 4.57. The molecule has 0 atom stereocenters. The summed E-state index contributed by atoms with van der Waals surface area (Å²) in [5.41, 5.74) is 5.00. The number of hydrogen-bond donors (Lipinski definition) is 1. The predicted molar refractivity (Wildman–Crippen MR) is 89.2 cm³/mol. The van der Waals surface area contributed by atoms with Crippen LogP contribution in [0.25, 0.3) is 11.0 Å². The zero-order valence-electron chi connectivity index (χ0n) is 12.4. The Bertz CT molecular complexity index is 586. The van der Waals surface area contributed by atoms with E-state index in [-0.39, 0.29) is 0 Å². The van der Waals surface area contributed by atoms with Gasteiger partial charge in [-0.2, -0.15) is 0 Å². The Hall–Kier alpha value is -1.48. The highest BCUT2D eigenvalue weighted by Gasteiger charge is 2.01. The summed E-state index contributed by atoms with van der Waals surface area (Å²) in [5.74, 6) is 0.973. The van der Waals surface area contributed by atoms with Crippen LogP contribution in [0.4, 0.5) is 0 Å². The van der Waals surface area contributed by atoms with Crippen LogP contribution >= 0.6 is 11.8 Å². The highest BCUT2D eigenvalue weighted by atomic mass is 32.2. The number of hydrogen-bond acceptors (Lipinski definition) is 2. The van der Waals surface area contributed by atoms with Crippen LogP contribution in [0, 0.1) is 0 Å². The molecule has 2 rings (SSSR count). The zero-order chi connectivity index (χ0) is 14.4. The fourth-order valence-electron chi connectivity index (χ4n) is 1.95. The lowest BCUT2D eigenvalue weighted by Gasteiger charge is -1.98. The van der Waals surface area contributed by atoms with Crippen molar-refractivity contribution >= 4 is 22.8 Å². The second-order valence-electron chi connectivity index (χ2n) is 5.24. The Morgan fingerprint density at radius 2 is 2.00 bits per heavy atom. The van der Waals surface area contributed by atoms with Gasteiger partial charge in [0.25, 0.3) is 0 Å². The second kappa shape index (κ2) is 7.34. The monoisotopic (exact) mass is 286 g/mol. The van der Waals surface area contributed by atoms with E-state index in [1.807, 2.05) is 18.2 Å². The van der Waals surface area contributed by atoms with Gasteiger partial charge in [0.2, 0.25) is 0 Å². The first-order valence-electron chi connectivity index (χ1n) is 7.01. The minimum Gasteiger partial charge on any atom is -0.333 e. The number of para-hydroxylation sites is 2. The topological polar surface area (TPSA) is 28.7 Å². The van der Waals surface area contributed by atoms with E-state index >= 15 is 0 Å². The molecule has 1 aromatic carbocycles. The van der Waals surface area contributed by atoms with Crippen LogP contribution in [0.15, 0.2) is 52.7 Å². The second-order valence-corrected chi connectivity index (χ2v) is 6.25. The first kappa shape index (κ1) is 14.9. The number of imidazole rings is 1. The van der Waals surface area contributed by atoms with Crippen LogP contribution in [0.5, 0.6) is 0 Å². The Kier molecular flexibility index (Phi) is 5.48. The molecule has 1 N–H and O–H groups in total. The standard InChI is InChI=1S/C17H22N2S/c1-13(2)7-6-8-14(3)11-12-20-17-18-15-9-4-5-10-16(15)19-17/h4-5,7,9-11H,6,8,12H2,1-3H3,(H,18,19). The lowest BCUT2D eigenvalue weighted by molar-refractivity contribution is 0.964. The van der Waals surface area contributed by atoms with Gasteiger partial charge < -0.3 is 4.98 Å². The van der Waals surface area contributed by atoms with Gasteiger partial charge >= 0.3 is 0 Å². The summed E-state index contributed by atoms with van der Waals surface area (Å²) in [5, 5.41) is 1.000. The first-order chi connectivity index (χ1) is 9.65. The third-order valence-corrected chi connectivity index (χ3v) is 3.91. The smallest absolute Gasteiger partial charge is 0.166 e. The van der Waals surface area contributed by atoms with Crippen molar-refractivity contribution in [3.05, 3.63) is 47.6 Å². The average Bonchev–Trinajstić information content (AvgIpc) is 2.80. The van der Waals surface area contributed by atoms with Crippen LogP contribution in [-0.2, 0) is 0 Å². The van der Waals surface area contributed by atoms with Gasteiger partial charge in [-0.1, -0.05) is 47.2 Å². The quantitative estimate of drug-likeness (QED) is 0.573. The zero-order valence-corrected chi connectivity index (χ0v) is 13.3. The molecule has 0 aliphatic carbocycles. The first-order valence-corrected chi connectivity index (χ1v) is 8.00. The van der Waals surface area contributed by atoms with Gasteiger partial charge in [0.15, 0.2) is 5.16 Å². The molecule has 20 heavy (non-hydrogen) atoms. The van der Waals surface area contributed by atoms with Crippen molar-refractivity contribution in [3.63, 3.8) is 0 Å². The summed E-state index contributed by atoms with van der Waals surface area (Å²) < 4.78 is 0. The number of allylic oxidation sites excluding steroid dienone is 3. The fourth-order valence-corrected chi connectivity index (χ4v) is 2.82. The molecule has 0 amide bonds. The van der Waals surface area contributed by atoms with E-state index in [1.54, 1.807) is 11.8 Å². The third-order valence-electron chi connectivity index (χ3n) is 3.11. The van der Waals surface area contributed by atoms with E-state index in [0.29, 0.717) is 0 Å². The molecule has 1 aromatic heterocycles. The van der Waals surface area contributed by atoms with Gasteiger partial charge in [-0.15, -0.1) is 0 Å². The highest BCUT2D eigenvalue weighted by Crippen LogP contribution is 2.20. The maximum atomic E-state index is 4.56. The minimum absolute atomic E-state index is 0.973. The van der Waals surface area contributed by atoms with E-state index in [9.17, 15) is 0 Å². The number of thioether (sulfide) groups is 1. The summed E-state index contributed by atoms with van der Waals surface area (Å²) in [4.78, 5) is 7.90. The molecule has 3 heteroatoms. The van der Waals surface area contributed by atoms with E-state index in [1.165, 1.54) is 11.1 Å². The number of aromatic amines is 1. The van der Waals surface area contributed by atoms with Crippen molar-refractivity contribution < 1.29 is 0 Å². The summed E-state index contributed by atoms with van der Waals surface area (Å²) in [6, 6.07) is 8.15. The van der Waals surface area contributed by atoms with Gasteiger partial charge in [0.05, 0.1) is 11.0 Å². The SMILES string of the molecule is CC(C)=CCCC(C)=CCSc1nc2ccccc2[nH]1. The molecule has 0 saturated carbocycles. The highest BCUT2D eigenvalue weighted by molar-refractivity contribution is 7.99. The van der Waals surface area contributed by atoms with E-state index in [4.69, 9.17) is 0 Å². The number of fused-ring (bicyclic) bond motifs is 1. The Morgan fingerprint density at radius 3 is 2.75 bits per heavy atom. The molecule has 2 nitrogen and oxygen atoms in total. The van der Waals surface area contributed by atoms with E-state index in [0.717, 1.165) is 34.8 Å². The van der Waals surface area contributed by atoms with Gasteiger partial charge in [-0.05, 0) is 45.7 Å². The largest absolute Gasteiger partial charge is 0.333 e. The van der Waals surface area contributed by atoms with Crippen LogP contribution < -0.4 is 0 Å². The normalized spacial score (nSPS) is 11.8. The van der Waals surface area contributed by atoms with Gasteiger partial charge in [-0.3, -0.25) is 0 Å². The Labute approximate surface area is 125 Å². The van der Waals surface area contributed by atoms with Crippen LogP contribution in [0.3, 0.4) is 0 Å². The van der Waals surface area contributed by atoms with Crippen molar-refractivity contribution in [2.24, 2.45) is 0 Å². The van der Waals surface area contributed by atoms with Crippen molar-refractivity contribution in [2.45, 2.75) is 38.8 Å². The number of H-pyrrole nitrogens is 1. The number of nitrogens with one attached hydrogen (secondary N) is 1. The van der Waals surface area contributed by atoms with E-state index in [2.05, 4.69) is 49.0 Å². The number of aromatic nitrogens is 2. The lowest BCUT2D eigenvalue weighted by Crippen LogP contribution is -1.81. The van der Waals surface area contributed by atoms with Crippen LogP contribution in [0.1, 0.15) is 33.6 Å².